The zero-order valence-corrected chi connectivity index (χ0v) is 16.3. The van der Waals surface area contributed by atoms with Crippen LogP contribution in [0.1, 0.15) is 5.56 Å². The molecule has 0 atom stereocenters. The molecule has 1 aromatic rings. The molecule has 1 aliphatic rings. The van der Waals surface area contributed by atoms with Crippen molar-refractivity contribution in [3.63, 3.8) is 0 Å². The van der Waals surface area contributed by atoms with E-state index in [9.17, 15) is 0 Å². The number of hydrogen-bond donors (Lipinski definition) is 1. The Morgan fingerprint density at radius 2 is 1.04 bits per heavy atom. The maximum absolute atomic E-state index is 5.81. The molecule has 0 unspecified atom stereocenters. The lowest BCUT2D eigenvalue weighted by molar-refractivity contribution is -0.0134. The van der Waals surface area contributed by atoms with Crippen molar-refractivity contribution in [3.8, 4) is 11.5 Å². The maximum Gasteiger partial charge on any atom is 0.161 e. The molecule has 9 nitrogen and oxygen atoms in total. The largest absolute Gasteiger partial charge is 0.487 e. The molecular formula is C19H31NO8. The monoisotopic (exact) mass is 401 g/mol. The minimum absolute atomic E-state index is 0.289. The number of nitrogens with two attached hydrogens (primary N) is 1. The van der Waals surface area contributed by atoms with Crippen LogP contribution in [0, 0.1) is 0 Å². The van der Waals surface area contributed by atoms with Crippen LogP contribution in [0.5, 0.6) is 11.5 Å². The van der Waals surface area contributed by atoms with Crippen LogP contribution in [0.15, 0.2) is 18.2 Å². The summed E-state index contributed by atoms with van der Waals surface area (Å²) in [5.74, 6) is 6.40. The molecule has 0 radical (unpaired) electrons. The molecular weight excluding hydrogens is 370 g/mol. The number of hydrogen-bond acceptors (Lipinski definition) is 9. The Kier molecular flexibility index (Phi) is 12.6. The van der Waals surface area contributed by atoms with Crippen LogP contribution in [0.4, 0.5) is 0 Å². The highest BCUT2D eigenvalue weighted by Crippen LogP contribution is 2.28. The summed E-state index contributed by atoms with van der Waals surface area (Å²) in [5, 5.41) is 0. The molecule has 1 heterocycles. The summed E-state index contributed by atoms with van der Waals surface area (Å²) in [6, 6.07) is 5.55. The predicted octanol–water partition coefficient (Wildman–Crippen LogP) is 0.931. The summed E-state index contributed by atoms with van der Waals surface area (Å²) in [7, 11) is 0. The number of ether oxygens (including phenoxy) is 7. The van der Waals surface area contributed by atoms with Gasteiger partial charge in [-0.15, -0.1) is 0 Å². The predicted molar refractivity (Wildman–Crippen MR) is 101 cm³/mol. The Hall–Kier alpha value is -1.46. The molecule has 2 N–H and O–H groups in total. The normalized spacial score (nSPS) is 19.5. The van der Waals surface area contributed by atoms with Crippen molar-refractivity contribution in [1.29, 1.82) is 0 Å². The molecule has 0 bridgehead atoms. The third-order valence-corrected chi connectivity index (χ3v) is 3.72. The van der Waals surface area contributed by atoms with Gasteiger partial charge in [0.25, 0.3) is 0 Å². The van der Waals surface area contributed by atoms with Gasteiger partial charge in [0.15, 0.2) is 11.5 Å². The average Bonchev–Trinajstić information content (AvgIpc) is 2.70. The first kappa shape index (κ1) is 22.8. The smallest absolute Gasteiger partial charge is 0.161 e. The minimum Gasteiger partial charge on any atom is -0.487 e. The molecule has 0 saturated carbocycles. The van der Waals surface area contributed by atoms with E-state index in [4.69, 9.17) is 39.1 Å². The van der Waals surface area contributed by atoms with E-state index in [1.54, 1.807) is 0 Å². The number of benzene rings is 1. The van der Waals surface area contributed by atoms with Gasteiger partial charge in [-0.25, -0.2) is 5.90 Å². The third kappa shape index (κ3) is 10.2. The molecule has 2 rings (SSSR count). The molecule has 1 aromatic carbocycles. The molecule has 0 aromatic heterocycles. The SMILES string of the molecule is NOCc1ccc2c(c1)OCCOCCOCCOCCOCCOCCO2. The van der Waals surface area contributed by atoms with E-state index in [1.807, 2.05) is 18.2 Å². The van der Waals surface area contributed by atoms with Crippen LogP contribution in [-0.4, -0.2) is 79.3 Å². The van der Waals surface area contributed by atoms with E-state index in [0.29, 0.717) is 90.8 Å². The first-order valence-electron chi connectivity index (χ1n) is 9.49. The van der Waals surface area contributed by atoms with Gasteiger partial charge in [-0.1, -0.05) is 6.07 Å². The van der Waals surface area contributed by atoms with Gasteiger partial charge in [0.2, 0.25) is 0 Å². The van der Waals surface area contributed by atoms with Crippen molar-refractivity contribution in [3.05, 3.63) is 23.8 Å². The second kappa shape index (κ2) is 15.5. The molecule has 9 heteroatoms. The van der Waals surface area contributed by atoms with E-state index in [2.05, 4.69) is 4.84 Å². The molecule has 28 heavy (non-hydrogen) atoms. The van der Waals surface area contributed by atoms with Crippen LogP contribution in [0.25, 0.3) is 0 Å². The minimum atomic E-state index is 0.289. The fraction of sp³-hybridized carbons (Fsp3) is 0.684. The Labute approximate surface area is 165 Å². The van der Waals surface area contributed by atoms with Crippen molar-refractivity contribution in [2.45, 2.75) is 6.61 Å². The van der Waals surface area contributed by atoms with Crippen LogP contribution < -0.4 is 15.4 Å². The van der Waals surface area contributed by atoms with Gasteiger partial charge in [0.1, 0.15) is 13.2 Å². The van der Waals surface area contributed by atoms with E-state index < -0.39 is 0 Å². The average molecular weight is 401 g/mol. The second-order valence-corrected chi connectivity index (χ2v) is 5.85. The molecule has 0 spiro atoms. The van der Waals surface area contributed by atoms with Gasteiger partial charge in [-0.3, -0.25) is 4.84 Å². The van der Waals surface area contributed by atoms with Crippen LogP contribution >= 0.6 is 0 Å². The quantitative estimate of drug-likeness (QED) is 0.726. The van der Waals surface area contributed by atoms with Gasteiger partial charge >= 0.3 is 0 Å². The topological polar surface area (TPSA) is 99.9 Å². The van der Waals surface area contributed by atoms with Crippen molar-refractivity contribution in [1.82, 2.24) is 0 Å². The van der Waals surface area contributed by atoms with E-state index in [-0.39, 0.29) is 6.61 Å². The van der Waals surface area contributed by atoms with Crippen LogP contribution in [0.2, 0.25) is 0 Å². The standard InChI is InChI=1S/C19H31NO8/c20-28-16-17-1-2-18-19(15-17)27-14-12-25-10-8-23-6-4-21-3-5-22-7-9-24-11-13-26-18/h1-2,15H,3-14,16,20H2. The highest BCUT2D eigenvalue weighted by atomic mass is 16.6. The van der Waals surface area contributed by atoms with Crippen LogP contribution in [-0.2, 0) is 35.1 Å². The van der Waals surface area contributed by atoms with Gasteiger partial charge in [-0.05, 0) is 17.7 Å². The van der Waals surface area contributed by atoms with Crippen molar-refractivity contribution < 1.29 is 38.0 Å². The molecule has 0 saturated heterocycles. The van der Waals surface area contributed by atoms with Gasteiger partial charge in [0.05, 0.1) is 72.7 Å². The highest BCUT2D eigenvalue weighted by Gasteiger charge is 2.08. The van der Waals surface area contributed by atoms with Crippen molar-refractivity contribution >= 4 is 0 Å². The summed E-state index contributed by atoms with van der Waals surface area (Å²) >= 11 is 0. The molecule has 0 amide bonds. The highest BCUT2D eigenvalue weighted by molar-refractivity contribution is 5.42. The van der Waals surface area contributed by atoms with Crippen molar-refractivity contribution in [2.75, 3.05) is 79.3 Å². The fourth-order valence-electron chi connectivity index (χ4n) is 2.37. The first-order chi connectivity index (χ1) is 13.9. The number of fused-ring (bicyclic) bond motifs is 1. The molecule has 0 fully saturated rings. The summed E-state index contributed by atoms with van der Waals surface area (Å²) in [4.78, 5) is 4.69. The summed E-state index contributed by atoms with van der Waals surface area (Å²) in [6.07, 6.45) is 0. The number of rotatable bonds is 2. The lowest BCUT2D eigenvalue weighted by atomic mass is 10.2. The van der Waals surface area contributed by atoms with Crippen LogP contribution in [0.3, 0.4) is 0 Å². The van der Waals surface area contributed by atoms with Gasteiger partial charge < -0.3 is 33.2 Å². The van der Waals surface area contributed by atoms with E-state index in [1.165, 1.54) is 0 Å². The molecule has 0 aliphatic carbocycles. The molecule has 160 valence electrons. The Bertz CT molecular complexity index is 517. The zero-order chi connectivity index (χ0) is 19.7. The Morgan fingerprint density at radius 1 is 0.607 bits per heavy atom. The Balaban J connectivity index is 1.83. The molecule has 1 aliphatic heterocycles. The first-order valence-corrected chi connectivity index (χ1v) is 9.49. The third-order valence-electron chi connectivity index (χ3n) is 3.72. The lowest BCUT2D eigenvalue weighted by Crippen LogP contribution is -2.14. The summed E-state index contributed by atoms with van der Waals surface area (Å²) in [5.41, 5.74) is 0.889. The second-order valence-electron chi connectivity index (χ2n) is 5.85. The van der Waals surface area contributed by atoms with E-state index in [0.717, 1.165) is 5.56 Å². The van der Waals surface area contributed by atoms with Gasteiger partial charge in [-0.2, -0.15) is 0 Å². The summed E-state index contributed by atoms with van der Waals surface area (Å²) < 4.78 is 38.9. The maximum atomic E-state index is 5.81. The fourth-order valence-corrected chi connectivity index (χ4v) is 2.37. The van der Waals surface area contributed by atoms with Gasteiger partial charge in [0, 0.05) is 0 Å². The summed E-state index contributed by atoms with van der Waals surface area (Å²) in [6.45, 7) is 6.12. The van der Waals surface area contributed by atoms with E-state index >= 15 is 0 Å². The zero-order valence-electron chi connectivity index (χ0n) is 16.3. The Morgan fingerprint density at radius 3 is 1.50 bits per heavy atom. The lowest BCUT2D eigenvalue weighted by Gasteiger charge is -2.14. The van der Waals surface area contributed by atoms with Crippen molar-refractivity contribution in [2.24, 2.45) is 5.90 Å².